The van der Waals surface area contributed by atoms with Crippen LogP contribution in [0.3, 0.4) is 0 Å². The molecule has 3 nitrogen and oxygen atoms in total. The zero-order valence-corrected chi connectivity index (χ0v) is 9.59. The molecule has 0 atom stereocenters. The first-order chi connectivity index (χ1) is 8.27. The van der Waals surface area contributed by atoms with Gasteiger partial charge in [0.1, 0.15) is 5.82 Å². The molecule has 0 saturated heterocycles. The molecule has 2 aromatic carbocycles. The Balaban J connectivity index is 2.38. The van der Waals surface area contributed by atoms with Gasteiger partial charge in [-0.3, -0.25) is 4.57 Å². The van der Waals surface area contributed by atoms with Crippen LogP contribution >= 0.6 is 0 Å². The molecule has 2 N–H and O–H groups in total. The van der Waals surface area contributed by atoms with E-state index in [1.807, 2.05) is 49.4 Å². The van der Waals surface area contributed by atoms with E-state index < -0.39 is 0 Å². The van der Waals surface area contributed by atoms with E-state index in [-0.39, 0.29) is 0 Å². The van der Waals surface area contributed by atoms with Gasteiger partial charge in [-0.15, -0.1) is 0 Å². The van der Waals surface area contributed by atoms with E-state index in [1.54, 1.807) is 0 Å². The maximum Gasteiger partial charge on any atom is 0.111 e. The third-order valence-electron chi connectivity index (χ3n) is 2.91. The van der Waals surface area contributed by atoms with Crippen molar-refractivity contribution in [2.45, 2.75) is 6.92 Å². The topological polar surface area (TPSA) is 43.8 Å². The molecule has 3 aromatic rings. The van der Waals surface area contributed by atoms with Gasteiger partial charge in [-0.2, -0.15) is 0 Å². The van der Waals surface area contributed by atoms with Gasteiger partial charge in [0.2, 0.25) is 0 Å². The summed E-state index contributed by atoms with van der Waals surface area (Å²) in [6, 6.07) is 15.9. The number of nitrogens with zero attached hydrogens (tertiary/aromatic N) is 2. The van der Waals surface area contributed by atoms with Gasteiger partial charge in [-0.05, 0) is 31.2 Å². The maximum atomic E-state index is 6.02. The Bertz CT molecular complexity index is 683. The largest absolute Gasteiger partial charge is 0.397 e. The van der Waals surface area contributed by atoms with Crippen LogP contribution in [0.5, 0.6) is 0 Å². The molecule has 17 heavy (non-hydrogen) atoms. The van der Waals surface area contributed by atoms with Crippen molar-refractivity contribution < 1.29 is 0 Å². The summed E-state index contributed by atoms with van der Waals surface area (Å²) in [5.74, 6) is 0.948. The Hall–Kier alpha value is -2.29. The molecule has 0 aliphatic carbocycles. The van der Waals surface area contributed by atoms with Crippen LogP contribution in [-0.4, -0.2) is 9.55 Å². The number of fused-ring (bicyclic) bond motifs is 1. The highest BCUT2D eigenvalue weighted by Crippen LogP contribution is 2.24. The zero-order chi connectivity index (χ0) is 11.8. The van der Waals surface area contributed by atoms with Gasteiger partial charge in [0, 0.05) is 0 Å². The van der Waals surface area contributed by atoms with Gasteiger partial charge in [0.05, 0.1) is 22.4 Å². The van der Waals surface area contributed by atoms with E-state index in [4.69, 9.17) is 5.73 Å². The predicted molar refractivity (Wildman–Crippen MR) is 70.2 cm³/mol. The molecule has 0 amide bonds. The number of nitrogen functional groups attached to an aromatic ring is 1. The van der Waals surface area contributed by atoms with Crippen molar-refractivity contribution in [3.63, 3.8) is 0 Å². The van der Waals surface area contributed by atoms with Crippen LogP contribution in [-0.2, 0) is 0 Å². The normalized spacial score (nSPS) is 10.9. The van der Waals surface area contributed by atoms with Crippen LogP contribution in [0.2, 0.25) is 0 Å². The lowest BCUT2D eigenvalue weighted by Crippen LogP contribution is -2.01. The SMILES string of the molecule is Cc1nc2ccccc2n1-c1ccccc1N. The van der Waals surface area contributed by atoms with E-state index in [0.717, 1.165) is 28.2 Å². The zero-order valence-electron chi connectivity index (χ0n) is 9.59. The summed E-state index contributed by atoms with van der Waals surface area (Å²) in [5.41, 5.74) is 9.85. The summed E-state index contributed by atoms with van der Waals surface area (Å²) in [6.07, 6.45) is 0. The molecule has 0 aliphatic rings. The van der Waals surface area contributed by atoms with Crippen LogP contribution in [0.1, 0.15) is 5.82 Å². The molecule has 3 rings (SSSR count). The highest BCUT2D eigenvalue weighted by molar-refractivity contribution is 5.79. The van der Waals surface area contributed by atoms with Gasteiger partial charge in [-0.25, -0.2) is 4.98 Å². The molecule has 0 unspecified atom stereocenters. The summed E-state index contributed by atoms with van der Waals surface area (Å²) < 4.78 is 2.09. The molecule has 0 fully saturated rings. The average molecular weight is 223 g/mol. The van der Waals surface area contributed by atoms with Crippen molar-refractivity contribution in [1.29, 1.82) is 0 Å². The van der Waals surface area contributed by atoms with Crippen LogP contribution < -0.4 is 5.73 Å². The third-order valence-corrected chi connectivity index (χ3v) is 2.91. The fraction of sp³-hybridized carbons (Fsp3) is 0.0714. The minimum atomic E-state index is 0.763. The van der Waals surface area contributed by atoms with Crippen molar-refractivity contribution in [2.75, 3.05) is 5.73 Å². The van der Waals surface area contributed by atoms with Crippen molar-refractivity contribution in [1.82, 2.24) is 9.55 Å². The molecule has 0 bridgehead atoms. The Morgan fingerprint density at radius 2 is 1.71 bits per heavy atom. The van der Waals surface area contributed by atoms with Crippen LogP contribution in [0.4, 0.5) is 5.69 Å². The number of rotatable bonds is 1. The number of imidazole rings is 1. The Morgan fingerprint density at radius 1 is 1.00 bits per heavy atom. The number of para-hydroxylation sites is 4. The molecule has 0 radical (unpaired) electrons. The highest BCUT2D eigenvalue weighted by atomic mass is 15.1. The molecule has 0 aliphatic heterocycles. The highest BCUT2D eigenvalue weighted by Gasteiger charge is 2.09. The molecule has 0 saturated carbocycles. The lowest BCUT2D eigenvalue weighted by atomic mass is 10.2. The number of hydrogen-bond acceptors (Lipinski definition) is 2. The lowest BCUT2D eigenvalue weighted by Gasteiger charge is -2.09. The van der Waals surface area contributed by atoms with Gasteiger partial charge < -0.3 is 5.73 Å². The van der Waals surface area contributed by atoms with Crippen molar-refractivity contribution >= 4 is 16.7 Å². The number of aryl methyl sites for hydroxylation is 1. The molecule has 3 heteroatoms. The summed E-state index contributed by atoms with van der Waals surface area (Å²) in [5, 5.41) is 0. The van der Waals surface area contributed by atoms with Gasteiger partial charge >= 0.3 is 0 Å². The van der Waals surface area contributed by atoms with Crippen molar-refractivity contribution in [3.8, 4) is 5.69 Å². The van der Waals surface area contributed by atoms with E-state index in [0.29, 0.717) is 0 Å². The van der Waals surface area contributed by atoms with Gasteiger partial charge in [-0.1, -0.05) is 24.3 Å². The van der Waals surface area contributed by atoms with E-state index in [2.05, 4.69) is 15.6 Å². The summed E-state index contributed by atoms with van der Waals surface area (Å²) in [7, 11) is 0. The smallest absolute Gasteiger partial charge is 0.111 e. The van der Waals surface area contributed by atoms with Gasteiger partial charge in [0.15, 0.2) is 0 Å². The van der Waals surface area contributed by atoms with E-state index in [9.17, 15) is 0 Å². The van der Waals surface area contributed by atoms with E-state index in [1.165, 1.54) is 0 Å². The van der Waals surface area contributed by atoms with Gasteiger partial charge in [0.25, 0.3) is 0 Å². The number of aromatic nitrogens is 2. The quantitative estimate of drug-likeness (QED) is 0.644. The average Bonchev–Trinajstić information content (AvgIpc) is 2.66. The minimum Gasteiger partial charge on any atom is -0.397 e. The van der Waals surface area contributed by atoms with Crippen LogP contribution in [0.15, 0.2) is 48.5 Å². The first-order valence-corrected chi connectivity index (χ1v) is 5.56. The summed E-state index contributed by atoms with van der Waals surface area (Å²) >= 11 is 0. The Morgan fingerprint density at radius 3 is 2.53 bits per heavy atom. The fourth-order valence-electron chi connectivity index (χ4n) is 2.14. The first-order valence-electron chi connectivity index (χ1n) is 5.56. The van der Waals surface area contributed by atoms with E-state index >= 15 is 0 Å². The second-order valence-corrected chi connectivity index (χ2v) is 4.04. The molecule has 84 valence electrons. The number of hydrogen-bond donors (Lipinski definition) is 1. The van der Waals surface area contributed by atoms with Crippen LogP contribution in [0, 0.1) is 6.92 Å². The maximum absolute atomic E-state index is 6.02. The van der Waals surface area contributed by atoms with Crippen LogP contribution in [0.25, 0.3) is 16.7 Å². The summed E-state index contributed by atoms with van der Waals surface area (Å²) in [6.45, 7) is 1.99. The minimum absolute atomic E-state index is 0.763. The Labute approximate surface area is 99.5 Å². The molecule has 1 aromatic heterocycles. The number of nitrogens with two attached hydrogens (primary N) is 1. The standard InChI is InChI=1S/C14H13N3/c1-10-16-12-7-3-5-9-14(12)17(10)13-8-4-2-6-11(13)15/h2-9H,15H2,1H3. The van der Waals surface area contributed by atoms with Crippen molar-refractivity contribution in [2.24, 2.45) is 0 Å². The number of benzene rings is 2. The molecular formula is C14H13N3. The second kappa shape index (κ2) is 3.63. The summed E-state index contributed by atoms with van der Waals surface area (Å²) in [4.78, 5) is 4.54. The molecule has 0 spiro atoms. The fourth-order valence-corrected chi connectivity index (χ4v) is 2.14. The molecular weight excluding hydrogens is 210 g/mol. The third kappa shape index (κ3) is 1.47. The Kier molecular flexibility index (Phi) is 2.11. The monoisotopic (exact) mass is 223 g/mol. The van der Waals surface area contributed by atoms with Crippen molar-refractivity contribution in [3.05, 3.63) is 54.4 Å². The first kappa shape index (κ1) is 9.90. The predicted octanol–water partition coefficient (Wildman–Crippen LogP) is 2.92. The molecule has 1 heterocycles. The second-order valence-electron chi connectivity index (χ2n) is 4.04. The number of anilines is 1. The lowest BCUT2D eigenvalue weighted by molar-refractivity contribution is 1.00.